The Balaban J connectivity index is 2.47. The predicted octanol–water partition coefficient (Wildman–Crippen LogP) is 3.54. The van der Waals surface area contributed by atoms with Crippen molar-refractivity contribution in [1.82, 2.24) is 4.90 Å². The van der Waals surface area contributed by atoms with E-state index in [1.807, 2.05) is 4.90 Å². The molecule has 0 atom stereocenters. The van der Waals surface area contributed by atoms with Crippen LogP contribution in [-0.2, 0) is 14.3 Å². The van der Waals surface area contributed by atoms with E-state index in [-0.39, 0.29) is 17.8 Å². The maximum Gasteiger partial charge on any atom is 0.307 e. The number of rotatable bonds is 9. The summed E-state index contributed by atoms with van der Waals surface area (Å²) in [6.45, 7) is 3.47. The van der Waals surface area contributed by atoms with Crippen molar-refractivity contribution >= 4 is 11.9 Å². The molecule has 0 aromatic heterocycles. The highest BCUT2D eigenvalue weighted by Gasteiger charge is 2.25. The van der Waals surface area contributed by atoms with Gasteiger partial charge in [0.05, 0.1) is 13.5 Å². The molecule has 0 aromatic carbocycles. The van der Waals surface area contributed by atoms with Crippen LogP contribution < -0.4 is 0 Å². The van der Waals surface area contributed by atoms with Gasteiger partial charge in [-0.15, -0.1) is 0 Å². The molecular formula is C17H31NO3. The molecule has 0 saturated heterocycles. The molecule has 0 unspecified atom stereocenters. The first kappa shape index (κ1) is 18.0. The number of carbonyl (C=O) groups excluding carboxylic acids is 2. The summed E-state index contributed by atoms with van der Waals surface area (Å²) in [6.07, 6.45) is 10.5. The van der Waals surface area contributed by atoms with Crippen molar-refractivity contribution in [3.63, 3.8) is 0 Å². The van der Waals surface area contributed by atoms with Gasteiger partial charge in [0.2, 0.25) is 5.91 Å². The number of ether oxygens (including phenoxy) is 1. The van der Waals surface area contributed by atoms with Gasteiger partial charge in [0.15, 0.2) is 0 Å². The van der Waals surface area contributed by atoms with E-state index in [0.29, 0.717) is 13.0 Å². The van der Waals surface area contributed by atoms with Crippen molar-refractivity contribution in [2.45, 2.75) is 71.1 Å². The maximum absolute atomic E-state index is 12.6. The van der Waals surface area contributed by atoms with Crippen LogP contribution in [0.15, 0.2) is 0 Å². The third-order valence-corrected chi connectivity index (χ3v) is 4.36. The average Bonchev–Trinajstić information content (AvgIpc) is 2.54. The van der Waals surface area contributed by atoms with E-state index in [9.17, 15) is 9.59 Å². The van der Waals surface area contributed by atoms with Crippen molar-refractivity contribution in [3.8, 4) is 0 Å². The molecule has 0 heterocycles. The highest BCUT2D eigenvalue weighted by molar-refractivity contribution is 5.79. The quantitative estimate of drug-likeness (QED) is 0.483. The first-order valence-corrected chi connectivity index (χ1v) is 8.54. The third kappa shape index (κ3) is 6.96. The van der Waals surface area contributed by atoms with Gasteiger partial charge in [-0.2, -0.15) is 0 Å². The minimum Gasteiger partial charge on any atom is -0.469 e. The normalized spacial score (nSPS) is 15.7. The first-order valence-electron chi connectivity index (χ1n) is 8.54. The number of esters is 1. The molecule has 1 fully saturated rings. The third-order valence-electron chi connectivity index (χ3n) is 4.36. The van der Waals surface area contributed by atoms with Crippen LogP contribution in [0, 0.1) is 5.92 Å². The number of methoxy groups -OCH3 is 1. The predicted molar refractivity (Wildman–Crippen MR) is 83.9 cm³/mol. The number of nitrogens with zero attached hydrogens (tertiary/aromatic N) is 1. The number of carbonyl (C=O) groups is 2. The maximum atomic E-state index is 12.6. The summed E-state index contributed by atoms with van der Waals surface area (Å²) in [5.74, 6) is 0.211. The van der Waals surface area contributed by atoms with Crippen LogP contribution in [0.3, 0.4) is 0 Å². The van der Waals surface area contributed by atoms with E-state index in [1.165, 1.54) is 26.4 Å². The fourth-order valence-corrected chi connectivity index (χ4v) is 3.00. The van der Waals surface area contributed by atoms with E-state index in [1.54, 1.807) is 0 Å². The van der Waals surface area contributed by atoms with Crippen LogP contribution in [0.2, 0.25) is 0 Å². The van der Waals surface area contributed by atoms with Gasteiger partial charge in [0.25, 0.3) is 0 Å². The topological polar surface area (TPSA) is 46.6 Å². The van der Waals surface area contributed by atoms with Crippen molar-refractivity contribution in [2.24, 2.45) is 5.92 Å². The molecule has 1 aliphatic carbocycles. The standard InChI is InChI=1S/C17H31NO3/c1-3-4-5-9-13-18(14-12-16(19)21-2)17(20)15-10-7-6-8-11-15/h15H,3-14H2,1-2H3. The molecule has 4 nitrogen and oxygen atoms in total. The summed E-state index contributed by atoms with van der Waals surface area (Å²) in [6, 6.07) is 0. The molecule has 1 amide bonds. The number of unbranched alkanes of at least 4 members (excludes halogenated alkanes) is 3. The number of amides is 1. The van der Waals surface area contributed by atoms with Gasteiger partial charge in [-0.25, -0.2) is 0 Å². The Morgan fingerprint density at radius 3 is 2.38 bits per heavy atom. The lowest BCUT2D eigenvalue weighted by molar-refractivity contribution is -0.142. The minimum atomic E-state index is -0.231. The van der Waals surface area contributed by atoms with Gasteiger partial charge in [-0.05, 0) is 19.3 Å². The molecule has 0 spiro atoms. The minimum absolute atomic E-state index is 0.183. The van der Waals surface area contributed by atoms with E-state index >= 15 is 0 Å². The van der Waals surface area contributed by atoms with Gasteiger partial charge >= 0.3 is 5.97 Å². The molecule has 4 heteroatoms. The van der Waals surface area contributed by atoms with E-state index < -0.39 is 0 Å². The van der Waals surface area contributed by atoms with Gasteiger partial charge in [0, 0.05) is 19.0 Å². The molecule has 122 valence electrons. The lowest BCUT2D eigenvalue weighted by Gasteiger charge is -2.29. The van der Waals surface area contributed by atoms with Crippen LogP contribution in [0.5, 0.6) is 0 Å². The van der Waals surface area contributed by atoms with Gasteiger partial charge in [-0.3, -0.25) is 9.59 Å². The van der Waals surface area contributed by atoms with Crippen LogP contribution in [-0.4, -0.2) is 37.0 Å². The highest BCUT2D eigenvalue weighted by atomic mass is 16.5. The zero-order valence-corrected chi connectivity index (χ0v) is 13.7. The Hall–Kier alpha value is -1.06. The summed E-state index contributed by atoms with van der Waals surface area (Å²) < 4.78 is 4.69. The molecular weight excluding hydrogens is 266 g/mol. The molecule has 0 N–H and O–H groups in total. The molecule has 0 radical (unpaired) electrons. The Labute approximate surface area is 129 Å². The molecule has 1 saturated carbocycles. The summed E-state index contributed by atoms with van der Waals surface area (Å²) >= 11 is 0. The van der Waals surface area contributed by atoms with Crippen LogP contribution in [0.4, 0.5) is 0 Å². The van der Waals surface area contributed by atoms with Crippen molar-refractivity contribution < 1.29 is 14.3 Å². The van der Waals surface area contributed by atoms with Crippen LogP contribution in [0.25, 0.3) is 0 Å². The molecule has 1 aliphatic rings. The molecule has 1 rings (SSSR count). The number of hydrogen-bond donors (Lipinski definition) is 0. The van der Waals surface area contributed by atoms with E-state index in [4.69, 9.17) is 4.74 Å². The largest absolute Gasteiger partial charge is 0.469 e. The fourth-order valence-electron chi connectivity index (χ4n) is 3.00. The van der Waals surface area contributed by atoms with Crippen LogP contribution in [0.1, 0.15) is 71.1 Å². The van der Waals surface area contributed by atoms with Gasteiger partial charge in [0.1, 0.15) is 0 Å². The zero-order valence-electron chi connectivity index (χ0n) is 13.7. The van der Waals surface area contributed by atoms with Crippen molar-refractivity contribution in [3.05, 3.63) is 0 Å². The van der Waals surface area contributed by atoms with E-state index in [2.05, 4.69) is 6.92 Å². The Bertz CT molecular complexity index is 311. The summed E-state index contributed by atoms with van der Waals surface area (Å²) in [5, 5.41) is 0. The van der Waals surface area contributed by atoms with Gasteiger partial charge < -0.3 is 9.64 Å². The molecule has 0 aromatic rings. The lowest BCUT2D eigenvalue weighted by atomic mass is 9.88. The molecule has 21 heavy (non-hydrogen) atoms. The first-order chi connectivity index (χ1) is 10.2. The summed E-state index contributed by atoms with van der Waals surface area (Å²) in [7, 11) is 1.40. The summed E-state index contributed by atoms with van der Waals surface area (Å²) in [4.78, 5) is 25.9. The Morgan fingerprint density at radius 2 is 1.76 bits per heavy atom. The Kier molecular flexibility index (Phi) is 9.11. The SMILES string of the molecule is CCCCCCN(CCC(=O)OC)C(=O)C1CCCCC1. The smallest absolute Gasteiger partial charge is 0.307 e. The number of hydrogen-bond acceptors (Lipinski definition) is 3. The van der Waals surface area contributed by atoms with Crippen LogP contribution >= 0.6 is 0 Å². The summed E-state index contributed by atoms with van der Waals surface area (Å²) in [5.41, 5.74) is 0. The average molecular weight is 297 g/mol. The van der Waals surface area contributed by atoms with Gasteiger partial charge in [-0.1, -0.05) is 45.4 Å². The zero-order chi connectivity index (χ0) is 15.5. The monoisotopic (exact) mass is 297 g/mol. The molecule has 0 bridgehead atoms. The second-order valence-corrected chi connectivity index (χ2v) is 6.05. The second kappa shape index (κ2) is 10.6. The van der Waals surface area contributed by atoms with E-state index in [0.717, 1.165) is 45.1 Å². The molecule has 0 aliphatic heterocycles. The van der Waals surface area contributed by atoms with Crippen molar-refractivity contribution in [1.29, 1.82) is 0 Å². The second-order valence-electron chi connectivity index (χ2n) is 6.05. The van der Waals surface area contributed by atoms with Crippen molar-refractivity contribution in [2.75, 3.05) is 20.2 Å². The fraction of sp³-hybridized carbons (Fsp3) is 0.882. The Morgan fingerprint density at radius 1 is 1.05 bits per heavy atom. The lowest BCUT2D eigenvalue weighted by Crippen LogP contribution is -2.39. The highest BCUT2D eigenvalue weighted by Crippen LogP contribution is 2.25.